The SMILES string of the molecule is O=C1CCCC[C@@H]2[C@H](CCN2Cc2cncn2Cc2ccccc2)N1Cc1ccccc1. The summed E-state index contributed by atoms with van der Waals surface area (Å²) in [6, 6.07) is 21.7. The molecule has 5 rings (SSSR count). The number of likely N-dealkylation sites (tertiary alicyclic amines) is 2. The Balaban J connectivity index is 1.33. The van der Waals surface area contributed by atoms with Crippen LogP contribution in [0.3, 0.4) is 0 Å². The molecule has 2 aliphatic rings. The van der Waals surface area contributed by atoms with E-state index in [1.807, 2.05) is 18.6 Å². The maximum Gasteiger partial charge on any atom is 0.223 e. The number of fused-ring (bicyclic) bond motifs is 1. The van der Waals surface area contributed by atoms with Crippen LogP contribution in [0.5, 0.6) is 0 Å². The van der Waals surface area contributed by atoms with Gasteiger partial charge in [-0.2, -0.15) is 0 Å². The summed E-state index contributed by atoms with van der Waals surface area (Å²) in [5.41, 5.74) is 3.76. The first-order valence-corrected chi connectivity index (χ1v) is 11.9. The molecule has 2 aromatic carbocycles. The number of hydrogen-bond acceptors (Lipinski definition) is 3. The Morgan fingerprint density at radius 1 is 0.812 bits per heavy atom. The van der Waals surface area contributed by atoms with Crippen LogP contribution in [0.4, 0.5) is 0 Å². The second-order valence-corrected chi connectivity index (χ2v) is 9.15. The molecule has 0 saturated carbocycles. The van der Waals surface area contributed by atoms with Gasteiger partial charge in [0.2, 0.25) is 5.91 Å². The largest absolute Gasteiger partial charge is 0.334 e. The molecule has 0 radical (unpaired) electrons. The van der Waals surface area contributed by atoms with E-state index in [0.717, 1.165) is 51.9 Å². The second-order valence-electron chi connectivity index (χ2n) is 9.15. The fraction of sp³-hybridized carbons (Fsp3) is 0.407. The van der Waals surface area contributed by atoms with Crippen molar-refractivity contribution in [1.82, 2.24) is 19.4 Å². The van der Waals surface area contributed by atoms with E-state index in [2.05, 4.69) is 73.9 Å². The number of aromatic nitrogens is 2. The van der Waals surface area contributed by atoms with Gasteiger partial charge in [-0.3, -0.25) is 9.69 Å². The standard InChI is InChI=1S/C27H32N4O/c32-27-14-8-7-13-25-26(31(27)19-23-11-5-2-6-12-23)15-16-29(25)20-24-17-28-21-30(24)18-22-9-3-1-4-10-22/h1-6,9-12,17,21,25-26H,7-8,13-16,18-20H2/t25-,26+/m1/s1. The number of carbonyl (C=O) groups excluding carboxylic acids is 1. The molecule has 166 valence electrons. The summed E-state index contributed by atoms with van der Waals surface area (Å²) in [4.78, 5) is 22.3. The van der Waals surface area contributed by atoms with Gasteiger partial charge < -0.3 is 9.47 Å². The molecule has 0 spiro atoms. The number of rotatable bonds is 6. The number of imidazole rings is 1. The van der Waals surface area contributed by atoms with Crippen LogP contribution < -0.4 is 0 Å². The summed E-state index contributed by atoms with van der Waals surface area (Å²) in [6.45, 7) is 3.49. The molecule has 2 fully saturated rings. The highest BCUT2D eigenvalue weighted by Gasteiger charge is 2.40. The maximum absolute atomic E-state index is 13.1. The number of amides is 1. The molecule has 0 aliphatic carbocycles. The van der Waals surface area contributed by atoms with Gasteiger partial charge in [0, 0.05) is 50.9 Å². The Morgan fingerprint density at radius 3 is 2.28 bits per heavy atom. The molecule has 3 aromatic rings. The lowest BCUT2D eigenvalue weighted by Gasteiger charge is -2.37. The van der Waals surface area contributed by atoms with Crippen molar-refractivity contribution in [3.05, 3.63) is 90.0 Å². The molecular weight excluding hydrogens is 396 g/mol. The second kappa shape index (κ2) is 9.70. The van der Waals surface area contributed by atoms with Crippen molar-refractivity contribution in [3.8, 4) is 0 Å². The molecule has 3 heterocycles. The predicted molar refractivity (Wildman–Crippen MR) is 126 cm³/mol. The number of carbonyl (C=O) groups is 1. The maximum atomic E-state index is 13.1. The lowest BCUT2D eigenvalue weighted by atomic mass is 9.96. The topological polar surface area (TPSA) is 41.4 Å². The average molecular weight is 429 g/mol. The minimum absolute atomic E-state index is 0.300. The van der Waals surface area contributed by atoms with Crippen LogP contribution in [0.2, 0.25) is 0 Å². The zero-order chi connectivity index (χ0) is 21.8. The van der Waals surface area contributed by atoms with Gasteiger partial charge in [0.05, 0.1) is 12.0 Å². The molecule has 1 aromatic heterocycles. The lowest BCUT2D eigenvalue weighted by molar-refractivity contribution is -0.135. The molecule has 2 aliphatic heterocycles. The Kier molecular flexibility index (Phi) is 6.35. The summed E-state index contributed by atoms with van der Waals surface area (Å²) < 4.78 is 2.26. The van der Waals surface area contributed by atoms with Gasteiger partial charge in [0.1, 0.15) is 0 Å². The molecule has 0 N–H and O–H groups in total. The van der Waals surface area contributed by atoms with E-state index in [1.54, 1.807) is 0 Å². The monoisotopic (exact) mass is 428 g/mol. The van der Waals surface area contributed by atoms with Gasteiger partial charge in [0.15, 0.2) is 0 Å². The fourth-order valence-corrected chi connectivity index (χ4v) is 5.39. The van der Waals surface area contributed by atoms with E-state index in [4.69, 9.17) is 0 Å². The third-order valence-corrected chi connectivity index (χ3v) is 7.04. The molecular formula is C27H32N4O. The van der Waals surface area contributed by atoms with E-state index >= 15 is 0 Å². The van der Waals surface area contributed by atoms with Gasteiger partial charge in [-0.05, 0) is 30.4 Å². The van der Waals surface area contributed by atoms with Crippen molar-refractivity contribution in [2.24, 2.45) is 0 Å². The van der Waals surface area contributed by atoms with Crippen LogP contribution in [0, 0.1) is 0 Å². The van der Waals surface area contributed by atoms with Crippen LogP contribution in [0.15, 0.2) is 73.2 Å². The Bertz CT molecular complexity index is 1020. The first kappa shape index (κ1) is 21.0. The third kappa shape index (κ3) is 4.63. The summed E-state index contributed by atoms with van der Waals surface area (Å²) in [5.74, 6) is 0.319. The zero-order valence-corrected chi connectivity index (χ0v) is 18.6. The van der Waals surface area contributed by atoms with Gasteiger partial charge in [-0.1, -0.05) is 67.1 Å². The average Bonchev–Trinajstić information content (AvgIpc) is 3.42. The van der Waals surface area contributed by atoms with Crippen molar-refractivity contribution < 1.29 is 4.79 Å². The van der Waals surface area contributed by atoms with Gasteiger partial charge >= 0.3 is 0 Å². The first-order chi connectivity index (χ1) is 15.8. The predicted octanol–water partition coefficient (Wildman–Crippen LogP) is 4.48. The number of nitrogens with zero attached hydrogens (tertiary/aromatic N) is 4. The number of benzene rings is 2. The van der Waals surface area contributed by atoms with Crippen LogP contribution in [-0.4, -0.2) is 43.9 Å². The molecule has 1 amide bonds. The minimum Gasteiger partial charge on any atom is -0.334 e. The fourth-order valence-electron chi connectivity index (χ4n) is 5.39. The first-order valence-electron chi connectivity index (χ1n) is 11.9. The van der Waals surface area contributed by atoms with Crippen molar-refractivity contribution in [1.29, 1.82) is 0 Å². The third-order valence-electron chi connectivity index (χ3n) is 7.04. The highest BCUT2D eigenvalue weighted by molar-refractivity contribution is 5.76. The highest BCUT2D eigenvalue weighted by Crippen LogP contribution is 2.32. The van der Waals surface area contributed by atoms with Crippen LogP contribution in [0.25, 0.3) is 0 Å². The van der Waals surface area contributed by atoms with Crippen molar-refractivity contribution >= 4 is 5.91 Å². The summed E-state index contributed by atoms with van der Waals surface area (Å²) >= 11 is 0. The molecule has 0 unspecified atom stereocenters. The molecule has 2 saturated heterocycles. The summed E-state index contributed by atoms with van der Waals surface area (Å²) in [5, 5.41) is 0. The summed E-state index contributed by atoms with van der Waals surface area (Å²) in [6.07, 6.45) is 8.97. The van der Waals surface area contributed by atoms with E-state index in [0.29, 0.717) is 24.4 Å². The molecule has 32 heavy (non-hydrogen) atoms. The van der Waals surface area contributed by atoms with Crippen molar-refractivity contribution in [2.75, 3.05) is 6.54 Å². The van der Waals surface area contributed by atoms with Crippen LogP contribution in [0.1, 0.15) is 48.9 Å². The smallest absolute Gasteiger partial charge is 0.223 e. The quantitative estimate of drug-likeness (QED) is 0.581. The normalized spacial score (nSPS) is 21.9. The molecule has 2 atom stereocenters. The zero-order valence-electron chi connectivity index (χ0n) is 18.6. The summed E-state index contributed by atoms with van der Waals surface area (Å²) in [7, 11) is 0. The van der Waals surface area contributed by atoms with E-state index in [9.17, 15) is 4.79 Å². The lowest BCUT2D eigenvalue weighted by Crippen LogP contribution is -2.48. The van der Waals surface area contributed by atoms with E-state index < -0.39 is 0 Å². The molecule has 5 heteroatoms. The van der Waals surface area contributed by atoms with Gasteiger partial charge in [0.25, 0.3) is 0 Å². The van der Waals surface area contributed by atoms with Gasteiger partial charge in [-0.25, -0.2) is 4.98 Å². The molecule has 0 bridgehead atoms. The Labute approximate surface area is 190 Å². The van der Waals surface area contributed by atoms with Crippen molar-refractivity contribution in [2.45, 2.75) is 63.8 Å². The van der Waals surface area contributed by atoms with Gasteiger partial charge in [-0.15, -0.1) is 0 Å². The minimum atomic E-state index is 0.300. The van der Waals surface area contributed by atoms with Crippen LogP contribution in [-0.2, 0) is 24.4 Å². The van der Waals surface area contributed by atoms with E-state index in [1.165, 1.54) is 16.8 Å². The Hall–Kier alpha value is -2.92. The van der Waals surface area contributed by atoms with E-state index in [-0.39, 0.29) is 0 Å². The van der Waals surface area contributed by atoms with Crippen molar-refractivity contribution in [3.63, 3.8) is 0 Å². The Morgan fingerprint density at radius 2 is 1.53 bits per heavy atom. The number of hydrogen-bond donors (Lipinski definition) is 0. The molecule has 5 nitrogen and oxygen atoms in total. The highest BCUT2D eigenvalue weighted by atomic mass is 16.2. The van der Waals surface area contributed by atoms with Crippen LogP contribution >= 0.6 is 0 Å².